The highest BCUT2D eigenvalue weighted by atomic mass is 35.5. The van der Waals surface area contributed by atoms with E-state index in [-0.39, 0.29) is 21.7 Å². The molecule has 9 heteroatoms. The SMILES string of the molecule is O=c1[nH]c(=O)n(-c2ncccc2Cl)c2cc(C(F)(F)F)ccc12. The van der Waals surface area contributed by atoms with Crippen molar-refractivity contribution in [1.82, 2.24) is 14.5 Å². The van der Waals surface area contributed by atoms with Gasteiger partial charge in [0.2, 0.25) is 0 Å². The second kappa shape index (κ2) is 5.24. The van der Waals surface area contributed by atoms with E-state index in [1.165, 1.54) is 18.3 Å². The van der Waals surface area contributed by atoms with Crippen LogP contribution in [0.3, 0.4) is 0 Å². The molecular weight excluding hydrogens is 335 g/mol. The van der Waals surface area contributed by atoms with Crippen molar-refractivity contribution in [3.63, 3.8) is 0 Å². The second-order valence-corrected chi connectivity index (χ2v) is 5.04. The zero-order chi connectivity index (χ0) is 16.8. The molecule has 1 aromatic carbocycles. The van der Waals surface area contributed by atoms with Crippen LogP contribution in [0.15, 0.2) is 46.1 Å². The van der Waals surface area contributed by atoms with Crippen molar-refractivity contribution in [2.75, 3.05) is 0 Å². The maximum atomic E-state index is 12.9. The van der Waals surface area contributed by atoms with Crippen LogP contribution in [-0.4, -0.2) is 14.5 Å². The normalized spacial score (nSPS) is 11.8. The Labute approximate surface area is 131 Å². The van der Waals surface area contributed by atoms with Crippen LogP contribution in [-0.2, 0) is 6.18 Å². The number of nitrogens with one attached hydrogen (secondary N) is 1. The molecule has 3 rings (SSSR count). The number of pyridine rings is 1. The number of hydrogen-bond acceptors (Lipinski definition) is 3. The first-order chi connectivity index (χ1) is 10.8. The van der Waals surface area contributed by atoms with Crippen LogP contribution in [0, 0.1) is 0 Å². The van der Waals surface area contributed by atoms with Crippen molar-refractivity contribution in [3.05, 3.63) is 68.0 Å². The molecule has 0 bridgehead atoms. The van der Waals surface area contributed by atoms with Crippen molar-refractivity contribution >= 4 is 22.5 Å². The van der Waals surface area contributed by atoms with Gasteiger partial charge in [0.1, 0.15) is 0 Å². The van der Waals surface area contributed by atoms with Gasteiger partial charge in [-0.05, 0) is 30.3 Å². The van der Waals surface area contributed by atoms with Gasteiger partial charge in [-0.25, -0.2) is 14.3 Å². The third-order valence-corrected chi connectivity index (χ3v) is 3.48. The zero-order valence-electron chi connectivity index (χ0n) is 11.2. The third-order valence-electron chi connectivity index (χ3n) is 3.18. The first-order valence-electron chi connectivity index (χ1n) is 6.26. The highest BCUT2D eigenvalue weighted by molar-refractivity contribution is 6.32. The number of alkyl halides is 3. The van der Waals surface area contributed by atoms with Gasteiger partial charge in [0, 0.05) is 6.20 Å². The molecule has 2 heterocycles. The standard InChI is InChI=1S/C14H7ClF3N3O2/c15-9-2-1-5-19-11(9)21-10-6-7(14(16,17)18)3-4-8(10)12(22)20-13(21)23/h1-6H,(H,20,22,23). The topological polar surface area (TPSA) is 67.8 Å². The van der Waals surface area contributed by atoms with Gasteiger partial charge in [-0.15, -0.1) is 0 Å². The summed E-state index contributed by atoms with van der Waals surface area (Å²) in [6, 6.07) is 5.43. The van der Waals surface area contributed by atoms with E-state index >= 15 is 0 Å². The fourth-order valence-electron chi connectivity index (χ4n) is 2.17. The fourth-order valence-corrected chi connectivity index (χ4v) is 2.37. The van der Waals surface area contributed by atoms with E-state index in [1.807, 2.05) is 4.98 Å². The summed E-state index contributed by atoms with van der Waals surface area (Å²) in [6.45, 7) is 0. The summed E-state index contributed by atoms with van der Waals surface area (Å²) >= 11 is 5.96. The Morgan fingerprint density at radius 2 is 1.91 bits per heavy atom. The maximum Gasteiger partial charge on any atom is 0.416 e. The van der Waals surface area contributed by atoms with Gasteiger partial charge in [0.05, 0.1) is 21.5 Å². The van der Waals surface area contributed by atoms with Gasteiger partial charge in [-0.3, -0.25) is 9.78 Å². The quantitative estimate of drug-likeness (QED) is 0.740. The summed E-state index contributed by atoms with van der Waals surface area (Å²) in [5.41, 5.74) is -2.94. The summed E-state index contributed by atoms with van der Waals surface area (Å²) in [5.74, 6) is -0.0697. The molecule has 23 heavy (non-hydrogen) atoms. The first kappa shape index (κ1) is 15.3. The molecule has 0 amide bonds. The van der Waals surface area contributed by atoms with Crippen LogP contribution in [0.1, 0.15) is 5.56 Å². The lowest BCUT2D eigenvalue weighted by Gasteiger charge is -2.12. The predicted octanol–water partition coefficient (Wildman–Crippen LogP) is 2.75. The maximum absolute atomic E-state index is 12.9. The minimum absolute atomic E-state index is 0.0559. The third kappa shape index (κ3) is 2.61. The largest absolute Gasteiger partial charge is 0.416 e. The molecule has 0 saturated carbocycles. The molecule has 0 radical (unpaired) electrons. The average molecular weight is 342 g/mol. The molecule has 0 saturated heterocycles. The van der Waals surface area contributed by atoms with Crippen LogP contribution in [0.2, 0.25) is 5.02 Å². The van der Waals surface area contributed by atoms with Crippen LogP contribution >= 0.6 is 11.6 Å². The molecule has 1 N–H and O–H groups in total. The molecular formula is C14H7ClF3N3O2. The highest BCUT2D eigenvalue weighted by Crippen LogP contribution is 2.31. The van der Waals surface area contributed by atoms with Crippen LogP contribution in [0.4, 0.5) is 13.2 Å². The van der Waals surface area contributed by atoms with Crippen LogP contribution in [0.25, 0.3) is 16.7 Å². The Hall–Kier alpha value is -2.61. The predicted molar refractivity (Wildman–Crippen MR) is 78.0 cm³/mol. The summed E-state index contributed by atoms with van der Waals surface area (Å²) in [6.07, 6.45) is -3.29. The molecule has 0 atom stereocenters. The van der Waals surface area contributed by atoms with Gasteiger partial charge < -0.3 is 0 Å². The molecule has 3 aromatic rings. The Kier molecular flexibility index (Phi) is 3.48. The summed E-state index contributed by atoms with van der Waals surface area (Å²) < 4.78 is 39.6. The van der Waals surface area contributed by atoms with Crippen molar-refractivity contribution in [2.24, 2.45) is 0 Å². The Balaban J connectivity index is 2.48. The lowest BCUT2D eigenvalue weighted by molar-refractivity contribution is -0.137. The smallest absolute Gasteiger partial charge is 0.273 e. The van der Waals surface area contributed by atoms with E-state index in [0.717, 1.165) is 22.8 Å². The zero-order valence-corrected chi connectivity index (χ0v) is 11.9. The number of H-pyrrole nitrogens is 1. The molecule has 2 aromatic heterocycles. The van der Waals surface area contributed by atoms with Crippen molar-refractivity contribution in [2.45, 2.75) is 6.18 Å². The van der Waals surface area contributed by atoms with Gasteiger partial charge in [0.25, 0.3) is 5.56 Å². The Morgan fingerprint density at radius 1 is 1.17 bits per heavy atom. The number of aromatic nitrogens is 3. The Morgan fingerprint density at radius 3 is 2.57 bits per heavy atom. The van der Waals surface area contributed by atoms with Gasteiger partial charge in [-0.1, -0.05) is 11.6 Å². The van der Waals surface area contributed by atoms with Gasteiger partial charge >= 0.3 is 11.9 Å². The number of halogens is 4. The molecule has 0 unspecified atom stereocenters. The van der Waals surface area contributed by atoms with E-state index in [9.17, 15) is 22.8 Å². The minimum Gasteiger partial charge on any atom is -0.273 e. The van der Waals surface area contributed by atoms with Gasteiger partial charge in [0.15, 0.2) is 5.82 Å². The Bertz CT molecular complexity index is 1020. The number of aromatic amines is 1. The van der Waals surface area contributed by atoms with Gasteiger partial charge in [-0.2, -0.15) is 13.2 Å². The van der Waals surface area contributed by atoms with Crippen LogP contribution < -0.4 is 11.2 Å². The lowest BCUT2D eigenvalue weighted by atomic mass is 10.1. The number of benzene rings is 1. The fraction of sp³-hybridized carbons (Fsp3) is 0.0714. The second-order valence-electron chi connectivity index (χ2n) is 4.63. The monoisotopic (exact) mass is 341 g/mol. The van der Waals surface area contributed by atoms with E-state index in [4.69, 9.17) is 11.6 Å². The van der Waals surface area contributed by atoms with E-state index in [1.54, 1.807) is 0 Å². The minimum atomic E-state index is -4.62. The molecule has 118 valence electrons. The molecule has 0 fully saturated rings. The summed E-state index contributed by atoms with van der Waals surface area (Å²) in [7, 11) is 0. The summed E-state index contributed by atoms with van der Waals surface area (Å²) in [4.78, 5) is 29.9. The lowest BCUT2D eigenvalue weighted by Crippen LogP contribution is -2.30. The molecule has 0 aliphatic heterocycles. The number of rotatable bonds is 1. The molecule has 0 aliphatic rings. The van der Waals surface area contributed by atoms with E-state index in [0.29, 0.717) is 0 Å². The number of nitrogens with zero attached hydrogens (tertiary/aromatic N) is 2. The molecule has 5 nitrogen and oxygen atoms in total. The van der Waals surface area contributed by atoms with Crippen molar-refractivity contribution in [1.29, 1.82) is 0 Å². The van der Waals surface area contributed by atoms with Crippen LogP contribution in [0.5, 0.6) is 0 Å². The number of fused-ring (bicyclic) bond motifs is 1. The highest BCUT2D eigenvalue weighted by Gasteiger charge is 2.31. The number of hydrogen-bond donors (Lipinski definition) is 1. The van der Waals surface area contributed by atoms with Crippen molar-refractivity contribution < 1.29 is 13.2 Å². The molecule has 0 spiro atoms. The average Bonchev–Trinajstić information content (AvgIpc) is 2.47. The van der Waals surface area contributed by atoms with E-state index in [2.05, 4.69) is 4.98 Å². The first-order valence-corrected chi connectivity index (χ1v) is 6.64. The van der Waals surface area contributed by atoms with E-state index < -0.39 is 23.0 Å². The summed E-state index contributed by atoms with van der Waals surface area (Å²) in [5, 5.41) is -0.0281. The molecule has 0 aliphatic carbocycles. The van der Waals surface area contributed by atoms with Crippen molar-refractivity contribution in [3.8, 4) is 5.82 Å².